The molecule has 2 heterocycles. The summed E-state index contributed by atoms with van der Waals surface area (Å²) in [5.41, 5.74) is 5.30. The first-order valence-electron chi connectivity index (χ1n) is 11.7. The summed E-state index contributed by atoms with van der Waals surface area (Å²) in [6.45, 7) is 0.298. The first-order chi connectivity index (χ1) is 17.5. The lowest BCUT2D eigenvalue weighted by molar-refractivity contribution is -0.121. The van der Waals surface area contributed by atoms with Crippen LogP contribution in [0.4, 0.5) is 17.1 Å². The molecule has 6 nitrogen and oxygen atoms in total. The van der Waals surface area contributed by atoms with Crippen molar-refractivity contribution in [2.75, 3.05) is 9.91 Å². The van der Waals surface area contributed by atoms with Gasteiger partial charge < -0.3 is 9.64 Å². The number of nitrogens with zero attached hydrogens (tertiary/aromatic N) is 3. The Bertz CT molecular complexity index is 1420. The lowest BCUT2D eigenvalue weighted by atomic mass is 9.95. The van der Waals surface area contributed by atoms with Crippen molar-refractivity contribution in [2.24, 2.45) is 5.10 Å². The lowest BCUT2D eigenvalue weighted by Gasteiger charge is -2.28. The van der Waals surface area contributed by atoms with Gasteiger partial charge in [-0.3, -0.25) is 9.59 Å². The molecule has 1 saturated carbocycles. The van der Waals surface area contributed by atoms with E-state index < -0.39 is 0 Å². The molecule has 0 unspecified atom stereocenters. The second kappa shape index (κ2) is 9.33. The molecule has 0 aromatic heterocycles. The normalized spacial score (nSPS) is 21.6. The van der Waals surface area contributed by atoms with Gasteiger partial charge >= 0.3 is 0 Å². The van der Waals surface area contributed by atoms with Gasteiger partial charge in [0.1, 0.15) is 5.57 Å². The SMILES string of the molecule is O=COC1=NN(c2ccccc2)C(=O)/C1=C\c1cc(Br)c2c(c1)[C@@H]1CCC[C@@H]1N2c1ccc(Br)cc1. The van der Waals surface area contributed by atoms with E-state index in [0.29, 0.717) is 24.1 Å². The van der Waals surface area contributed by atoms with Gasteiger partial charge in [-0.25, -0.2) is 0 Å². The summed E-state index contributed by atoms with van der Waals surface area (Å²) in [5, 5.41) is 5.53. The Kier molecular flexibility index (Phi) is 6.01. The minimum Gasteiger partial charge on any atom is -0.407 e. The highest BCUT2D eigenvalue weighted by Crippen LogP contribution is 2.55. The number of carbonyl (C=O) groups excluding carboxylic acids is 2. The number of hydrazone groups is 1. The summed E-state index contributed by atoms with van der Waals surface area (Å²) in [7, 11) is 0. The van der Waals surface area contributed by atoms with Gasteiger partial charge in [0.15, 0.2) is 0 Å². The monoisotopic (exact) mass is 605 g/mol. The minimum atomic E-state index is -0.343. The van der Waals surface area contributed by atoms with E-state index in [0.717, 1.165) is 27.4 Å². The number of ether oxygens (including phenoxy) is 1. The number of halogens is 2. The van der Waals surface area contributed by atoms with Crippen LogP contribution in [0.2, 0.25) is 0 Å². The van der Waals surface area contributed by atoms with E-state index in [2.05, 4.69) is 72.2 Å². The molecule has 3 aliphatic rings. The van der Waals surface area contributed by atoms with Crippen molar-refractivity contribution in [3.8, 4) is 0 Å². The molecule has 0 spiro atoms. The van der Waals surface area contributed by atoms with Gasteiger partial charge in [-0.2, -0.15) is 5.01 Å². The number of amides is 1. The molecule has 0 bridgehead atoms. The van der Waals surface area contributed by atoms with Crippen LogP contribution < -0.4 is 9.91 Å². The molecule has 2 atom stereocenters. The first kappa shape index (κ1) is 23.2. The van der Waals surface area contributed by atoms with Crippen LogP contribution in [0.3, 0.4) is 0 Å². The highest BCUT2D eigenvalue weighted by Gasteiger charge is 2.43. The van der Waals surface area contributed by atoms with Gasteiger partial charge in [0.2, 0.25) is 0 Å². The van der Waals surface area contributed by atoms with E-state index in [9.17, 15) is 9.59 Å². The average Bonchev–Trinajstić information content (AvgIpc) is 3.56. The summed E-state index contributed by atoms with van der Waals surface area (Å²) in [6, 6.07) is 22.1. The molecule has 6 rings (SSSR count). The zero-order valence-electron chi connectivity index (χ0n) is 19.1. The van der Waals surface area contributed by atoms with Crippen LogP contribution in [-0.4, -0.2) is 24.3 Å². The fourth-order valence-corrected chi connectivity index (χ4v) is 6.47. The second-order valence-electron chi connectivity index (χ2n) is 9.02. The molecule has 1 fully saturated rings. The Morgan fingerprint density at radius 3 is 2.50 bits per heavy atom. The number of rotatable bonds is 4. The van der Waals surface area contributed by atoms with Crippen LogP contribution in [0.25, 0.3) is 6.08 Å². The van der Waals surface area contributed by atoms with Crippen molar-refractivity contribution in [3.63, 3.8) is 0 Å². The summed E-state index contributed by atoms with van der Waals surface area (Å²) in [4.78, 5) is 26.9. The standard InChI is InChI=1S/C28H21Br2N3O3/c29-18-9-11-19(12-10-18)32-25-8-4-7-21(25)22-13-17(15-24(30)26(22)32)14-23-27(36-16-34)31-33(28(23)35)20-5-2-1-3-6-20/h1-3,5-6,9-16,21,25H,4,7-8H2/b23-14-/t21-,25-/m0/s1. The third-order valence-electron chi connectivity index (χ3n) is 6.99. The molecular formula is C28H21Br2N3O3. The topological polar surface area (TPSA) is 62.2 Å². The highest BCUT2D eigenvalue weighted by atomic mass is 79.9. The Morgan fingerprint density at radius 1 is 0.972 bits per heavy atom. The molecule has 3 aromatic carbocycles. The minimum absolute atomic E-state index is 0.00861. The van der Waals surface area contributed by atoms with Gasteiger partial charge in [-0.1, -0.05) is 40.5 Å². The molecule has 2 aliphatic heterocycles. The quantitative estimate of drug-likeness (QED) is 0.239. The van der Waals surface area contributed by atoms with E-state index in [1.165, 1.54) is 28.4 Å². The summed E-state index contributed by atoms with van der Waals surface area (Å²) in [5.74, 6) is 0.0633. The Hall–Kier alpha value is -3.23. The maximum absolute atomic E-state index is 13.3. The number of benzene rings is 3. The maximum atomic E-state index is 13.3. The van der Waals surface area contributed by atoms with Crippen molar-refractivity contribution in [1.29, 1.82) is 0 Å². The number of hydrogen-bond acceptors (Lipinski definition) is 5. The third-order valence-corrected chi connectivity index (χ3v) is 8.12. The fraction of sp³-hybridized carbons (Fsp3) is 0.179. The Balaban J connectivity index is 1.41. The molecule has 0 N–H and O–H groups in total. The van der Waals surface area contributed by atoms with Crippen molar-refractivity contribution >= 4 is 73.3 Å². The van der Waals surface area contributed by atoms with E-state index >= 15 is 0 Å². The molecule has 1 aliphatic carbocycles. The maximum Gasteiger partial charge on any atom is 0.299 e. The molecule has 36 heavy (non-hydrogen) atoms. The number of anilines is 3. The van der Waals surface area contributed by atoms with Crippen molar-refractivity contribution in [3.05, 3.63) is 92.4 Å². The fourth-order valence-electron chi connectivity index (χ4n) is 5.53. The predicted octanol–water partition coefficient (Wildman–Crippen LogP) is 6.92. The number of para-hydroxylation sites is 1. The third kappa shape index (κ3) is 3.89. The van der Waals surface area contributed by atoms with Crippen LogP contribution in [0.1, 0.15) is 36.3 Å². The van der Waals surface area contributed by atoms with Crippen molar-refractivity contribution < 1.29 is 14.3 Å². The van der Waals surface area contributed by atoms with E-state index in [1.54, 1.807) is 18.2 Å². The van der Waals surface area contributed by atoms with Gasteiger partial charge in [-0.15, -0.1) is 5.10 Å². The van der Waals surface area contributed by atoms with Gasteiger partial charge in [-0.05, 0) is 94.5 Å². The molecule has 8 heteroatoms. The molecule has 1 amide bonds. The van der Waals surface area contributed by atoms with E-state index in [-0.39, 0.29) is 17.4 Å². The summed E-state index contributed by atoms with van der Waals surface area (Å²) in [6.07, 6.45) is 5.19. The van der Waals surface area contributed by atoms with Crippen LogP contribution >= 0.6 is 31.9 Å². The van der Waals surface area contributed by atoms with Gasteiger partial charge in [0.25, 0.3) is 18.3 Å². The summed E-state index contributed by atoms with van der Waals surface area (Å²) >= 11 is 7.37. The van der Waals surface area contributed by atoms with Gasteiger partial charge in [0, 0.05) is 26.6 Å². The van der Waals surface area contributed by atoms with Crippen LogP contribution in [0.5, 0.6) is 0 Å². The first-order valence-corrected chi connectivity index (χ1v) is 13.3. The summed E-state index contributed by atoms with van der Waals surface area (Å²) < 4.78 is 7.12. The Morgan fingerprint density at radius 2 is 1.75 bits per heavy atom. The molecule has 0 saturated heterocycles. The van der Waals surface area contributed by atoms with Crippen LogP contribution in [0.15, 0.2) is 86.3 Å². The average molecular weight is 607 g/mol. The number of carbonyl (C=O) groups is 2. The number of hydrogen-bond donors (Lipinski definition) is 0. The van der Waals surface area contributed by atoms with E-state index in [1.807, 2.05) is 24.3 Å². The van der Waals surface area contributed by atoms with Crippen molar-refractivity contribution in [2.45, 2.75) is 31.2 Å². The predicted molar refractivity (Wildman–Crippen MR) is 147 cm³/mol. The molecule has 0 radical (unpaired) electrons. The van der Waals surface area contributed by atoms with Crippen molar-refractivity contribution in [1.82, 2.24) is 0 Å². The van der Waals surface area contributed by atoms with Crippen LogP contribution in [-0.2, 0) is 14.3 Å². The van der Waals surface area contributed by atoms with Crippen LogP contribution in [0, 0.1) is 0 Å². The molecular weight excluding hydrogens is 586 g/mol. The molecule has 3 aromatic rings. The second-order valence-corrected chi connectivity index (χ2v) is 10.8. The lowest BCUT2D eigenvalue weighted by Crippen LogP contribution is -2.26. The van der Waals surface area contributed by atoms with Gasteiger partial charge in [0.05, 0.1) is 11.4 Å². The smallest absolute Gasteiger partial charge is 0.299 e. The zero-order chi connectivity index (χ0) is 24.8. The molecule has 180 valence electrons. The number of fused-ring (bicyclic) bond motifs is 3. The zero-order valence-corrected chi connectivity index (χ0v) is 22.3. The largest absolute Gasteiger partial charge is 0.407 e. The Labute approximate surface area is 225 Å². The van der Waals surface area contributed by atoms with E-state index in [4.69, 9.17) is 4.74 Å². The highest BCUT2D eigenvalue weighted by molar-refractivity contribution is 9.10.